The van der Waals surface area contributed by atoms with Gasteiger partial charge in [0.25, 0.3) is 0 Å². The van der Waals surface area contributed by atoms with Gasteiger partial charge < -0.3 is 10.6 Å². The van der Waals surface area contributed by atoms with Crippen LogP contribution < -0.4 is 15.8 Å². The van der Waals surface area contributed by atoms with E-state index >= 15 is 0 Å². The number of hydrogen-bond donors (Lipinski definition) is 3. The Morgan fingerprint density at radius 3 is 2.89 bits per heavy atom. The Hall–Kier alpha value is -2.12. The molecular formula is C24H25Cl2N5O4S2. The highest BCUT2D eigenvalue weighted by atomic mass is 35.5. The maximum Gasteiger partial charge on any atom is 0.333 e. The van der Waals surface area contributed by atoms with Crippen molar-refractivity contribution in [3.8, 4) is 0 Å². The zero-order chi connectivity index (χ0) is 26.2. The highest BCUT2D eigenvalue weighted by Crippen LogP contribution is 2.39. The van der Waals surface area contributed by atoms with Crippen molar-refractivity contribution >= 4 is 56.4 Å². The Balaban J connectivity index is 1.34. The summed E-state index contributed by atoms with van der Waals surface area (Å²) in [6.45, 7) is 0.826. The van der Waals surface area contributed by atoms with Crippen molar-refractivity contribution in [2.45, 2.75) is 37.8 Å². The van der Waals surface area contributed by atoms with Crippen LogP contribution in [0, 0.1) is 5.92 Å². The van der Waals surface area contributed by atoms with Crippen LogP contribution in [0.1, 0.15) is 57.2 Å². The van der Waals surface area contributed by atoms with Crippen LogP contribution in [0.3, 0.4) is 0 Å². The minimum atomic E-state index is -3.97. The van der Waals surface area contributed by atoms with Gasteiger partial charge in [0.2, 0.25) is 5.78 Å². The molecule has 1 fully saturated rings. The van der Waals surface area contributed by atoms with Crippen molar-refractivity contribution in [1.82, 2.24) is 15.3 Å². The molecule has 196 valence electrons. The number of rotatable bonds is 8. The van der Waals surface area contributed by atoms with Crippen molar-refractivity contribution in [1.29, 1.82) is 0 Å². The van der Waals surface area contributed by atoms with E-state index in [-0.39, 0.29) is 30.4 Å². The second-order valence-corrected chi connectivity index (χ2v) is 12.5. The van der Waals surface area contributed by atoms with Gasteiger partial charge in [-0.05, 0) is 60.9 Å². The number of benzene rings is 1. The predicted molar refractivity (Wildman–Crippen MR) is 144 cm³/mol. The topological polar surface area (TPSA) is 136 Å². The zero-order valence-electron chi connectivity index (χ0n) is 19.6. The largest absolute Gasteiger partial charge is 0.367 e. The molecule has 0 bridgehead atoms. The summed E-state index contributed by atoms with van der Waals surface area (Å²) < 4.78 is 27.4. The van der Waals surface area contributed by atoms with Gasteiger partial charge in [-0.25, -0.2) is 15.1 Å². The molecule has 0 saturated heterocycles. The van der Waals surface area contributed by atoms with E-state index in [0.717, 1.165) is 36.9 Å². The molecule has 3 atom stereocenters. The molecule has 37 heavy (non-hydrogen) atoms. The quantitative estimate of drug-likeness (QED) is 0.338. The standard InChI is InChI=1S/C24H25Cl2N5O4S2/c25-15-3-2-14-5-6-29-21(17(14)8-15)18-9-20(36-23(18)26)22(32)19-10-28-12-30-24(19)31-16-4-1-13(7-16)11-35-37(27,33)34/h2-3,8-10,12-13,16,21,29H,1,4-7,11H2,(H2,27,33,34)(H,28,30,31)/t13-,16+,21?/m1/s1. The minimum Gasteiger partial charge on any atom is -0.367 e. The molecule has 9 nitrogen and oxygen atoms in total. The number of ketones is 1. The molecule has 3 aromatic rings. The number of carbonyl (C=O) groups is 1. The third kappa shape index (κ3) is 6.14. The molecule has 13 heteroatoms. The Morgan fingerprint density at radius 2 is 2.08 bits per heavy atom. The molecule has 0 spiro atoms. The summed E-state index contributed by atoms with van der Waals surface area (Å²) in [6, 6.07) is 7.54. The first-order chi connectivity index (χ1) is 17.7. The number of nitrogens with zero attached hydrogens (tertiary/aromatic N) is 2. The molecule has 0 radical (unpaired) electrons. The number of thiophene rings is 1. The predicted octanol–water partition coefficient (Wildman–Crippen LogP) is 4.11. The first-order valence-corrected chi connectivity index (χ1v) is 14.8. The van der Waals surface area contributed by atoms with Crippen molar-refractivity contribution in [2.24, 2.45) is 11.1 Å². The SMILES string of the molecule is NS(=O)(=O)OC[C@@H]1CC[C@H](Nc2ncncc2C(=O)c2cc(C3NCCc4ccc(Cl)cc43)c(Cl)s2)C1. The summed E-state index contributed by atoms with van der Waals surface area (Å²) in [6.07, 6.45) is 5.98. The number of aromatic nitrogens is 2. The maximum absolute atomic E-state index is 13.6. The van der Waals surface area contributed by atoms with Gasteiger partial charge in [-0.2, -0.15) is 8.42 Å². The van der Waals surface area contributed by atoms with E-state index < -0.39 is 10.3 Å². The molecule has 0 amide bonds. The van der Waals surface area contributed by atoms with E-state index in [0.29, 0.717) is 32.0 Å². The third-order valence-electron chi connectivity index (χ3n) is 6.72. The maximum atomic E-state index is 13.6. The summed E-state index contributed by atoms with van der Waals surface area (Å²) in [5.74, 6) is 0.238. The van der Waals surface area contributed by atoms with Gasteiger partial charge in [0.05, 0.1) is 27.4 Å². The number of nitrogens with two attached hydrogens (primary N) is 1. The monoisotopic (exact) mass is 581 g/mol. The van der Waals surface area contributed by atoms with E-state index in [1.54, 1.807) is 0 Å². The Bertz CT molecular complexity index is 1430. The average Bonchev–Trinajstić information content (AvgIpc) is 3.48. The molecule has 5 rings (SSSR count). The fraction of sp³-hybridized carbons (Fsp3) is 0.375. The van der Waals surface area contributed by atoms with Crippen LogP contribution in [-0.2, 0) is 20.9 Å². The lowest BCUT2D eigenvalue weighted by atomic mass is 9.91. The van der Waals surface area contributed by atoms with Crippen molar-refractivity contribution in [2.75, 3.05) is 18.5 Å². The second-order valence-electron chi connectivity index (χ2n) is 9.23. The van der Waals surface area contributed by atoms with Gasteiger partial charge >= 0.3 is 10.3 Å². The average molecular weight is 583 g/mol. The van der Waals surface area contributed by atoms with Crippen LogP contribution in [0.25, 0.3) is 0 Å². The molecule has 1 aliphatic heterocycles. The lowest BCUT2D eigenvalue weighted by Crippen LogP contribution is -2.30. The Kier molecular flexibility index (Phi) is 7.83. The number of fused-ring (bicyclic) bond motifs is 1. The van der Waals surface area contributed by atoms with Gasteiger partial charge in [-0.15, -0.1) is 11.3 Å². The van der Waals surface area contributed by atoms with Crippen molar-refractivity contribution in [3.63, 3.8) is 0 Å². The number of nitrogens with one attached hydrogen (secondary N) is 2. The summed E-state index contributed by atoms with van der Waals surface area (Å²) in [5.41, 5.74) is 3.44. The van der Waals surface area contributed by atoms with Crippen LogP contribution in [-0.4, -0.2) is 43.4 Å². The van der Waals surface area contributed by atoms with E-state index in [1.807, 2.05) is 24.3 Å². The molecule has 1 aromatic carbocycles. The lowest BCUT2D eigenvalue weighted by molar-refractivity contribution is 0.104. The smallest absolute Gasteiger partial charge is 0.333 e. The first-order valence-electron chi connectivity index (χ1n) is 11.8. The highest BCUT2D eigenvalue weighted by molar-refractivity contribution is 7.84. The number of carbonyl (C=O) groups excluding carboxylic acids is 1. The number of anilines is 1. The number of hydrogen-bond acceptors (Lipinski definition) is 9. The second kappa shape index (κ2) is 10.9. The van der Waals surface area contributed by atoms with Gasteiger partial charge in [-0.3, -0.25) is 8.98 Å². The molecule has 1 saturated carbocycles. The minimum absolute atomic E-state index is 0.00528. The van der Waals surface area contributed by atoms with Crippen LogP contribution in [0.2, 0.25) is 9.36 Å². The fourth-order valence-corrected chi connectivity index (χ4v) is 6.83. The van der Waals surface area contributed by atoms with Crippen LogP contribution in [0.15, 0.2) is 36.8 Å². The molecular weight excluding hydrogens is 557 g/mol. The van der Waals surface area contributed by atoms with Gasteiger partial charge in [0, 0.05) is 29.4 Å². The van der Waals surface area contributed by atoms with Crippen molar-refractivity contribution in [3.05, 3.63) is 73.3 Å². The van der Waals surface area contributed by atoms with E-state index in [1.165, 1.54) is 29.4 Å². The molecule has 1 unspecified atom stereocenters. The Labute approximate surface area is 229 Å². The normalized spacial score (nSPS) is 21.5. The van der Waals surface area contributed by atoms with Crippen molar-refractivity contribution < 1.29 is 17.4 Å². The summed E-state index contributed by atoms with van der Waals surface area (Å²) >= 11 is 14.1. The lowest BCUT2D eigenvalue weighted by Gasteiger charge is -2.27. The van der Waals surface area contributed by atoms with E-state index in [2.05, 4.69) is 20.6 Å². The van der Waals surface area contributed by atoms with E-state index in [4.69, 9.17) is 32.5 Å². The molecule has 1 aliphatic carbocycles. The Morgan fingerprint density at radius 1 is 1.24 bits per heavy atom. The van der Waals surface area contributed by atoms with Gasteiger partial charge in [-0.1, -0.05) is 29.3 Å². The van der Waals surface area contributed by atoms with E-state index in [9.17, 15) is 13.2 Å². The summed E-state index contributed by atoms with van der Waals surface area (Å²) in [5, 5.41) is 12.4. The van der Waals surface area contributed by atoms with Crippen LogP contribution in [0.4, 0.5) is 5.82 Å². The zero-order valence-corrected chi connectivity index (χ0v) is 22.8. The first kappa shape index (κ1) is 26.5. The summed E-state index contributed by atoms with van der Waals surface area (Å²) in [7, 11) is -3.97. The van der Waals surface area contributed by atoms with Gasteiger partial charge in [0.1, 0.15) is 12.1 Å². The molecule has 2 aromatic heterocycles. The highest BCUT2D eigenvalue weighted by Gasteiger charge is 2.30. The number of halogens is 2. The van der Waals surface area contributed by atoms with Gasteiger partial charge in [0.15, 0.2) is 0 Å². The fourth-order valence-electron chi connectivity index (χ4n) is 4.98. The third-order valence-corrected chi connectivity index (χ3v) is 8.80. The molecule has 4 N–H and O–H groups in total. The van der Waals surface area contributed by atoms with Crippen LogP contribution >= 0.6 is 34.5 Å². The molecule has 2 aliphatic rings. The summed E-state index contributed by atoms with van der Waals surface area (Å²) in [4.78, 5) is 22.4. The van der Waals surface area contributed by atoms with Crippen LogP contribution in [0.5, 0.6) is 0 Å². The molecule has 3 heterocycles.